The van der Waals surface area contributed by atoms with Crippen LogP contribution in [0.2, 0.25) is 0 Å². The zero-order chi connectivity index (χ0) is 10.2. The molecule has 0 unspecified atom stereocenters. The maximum absolute atomic E-state index is 5.10. The molecule has 0 aromatic rings. The van der Waals surface area contributed by atoms with Crippen molar-refractivity contribution in [3.05, 3.63) is 0 Å². The fourth-order valence-electron chi connectivity index (χ4n) is 1.43. The Balaban J connectivity index is 0.000000245. The zero-order valence-corrected chi connectivity index (χ0v) is 9.46. The average molecular weight is 217 g/mol. The maximum Gasteiger partial charge on any atom is 0.0594 e. The number of rotatable bonds is 0. The van der Waals surface area contributed by atoms with Crippen LogP contribution in [0.3, 0.4) is 0 Å². The topological polar surface area (TPSA) is 27.7 Å². The Hall–Kier alpha value is -0.160. The second-order valence-electron chi connectivity index (χ2n) is 3.97. The van der Waals surface area contributed by atoms with Gasteiger partial charge in [-0.2, -0.15) is 0 Å². The van der Waals surface area contributed by atoms with Crippen LogP contribution in [0.15, 0.2) is 0 Å². The van der Waals surface area contributed by atoms with E-state index in [9.17, 15) is 0 Å². The predicted molar refractivity (Wildman–Crippen MR) is 65.4 cm³/mol. The van der Waals surface area contributed by atoms with Gasteiger partial charge in [-0.05, 0) is 14.1 Å². The van der Waals surface area contributed by atoms with Crippen LogP contribution in [0.4, 0.5) is 0 Å². The lowest BCUT2D eigenvalue weighted by Gasteiger charge is -2.21. The van der Waals surface area contributed by atoms with Crippen LogP contribution in [0.1, 0.15) is 7.43 Å². The van der Waals surface area contributed by atoms with Crippen LogP contribution < -0.4 is 5.32 Å². The van der Waals surface area contributed by atoms with Crippen LogP contribution in [0.5, 0.6) is 0 Å². The van der Waals surface area contributed by atoms with Crippen LogP contribution in [-0.2, 0) is 4.74 Å². The van der Waals surface area contributed by atoms with Gasteiger partial charge >= 0.3 is 0 Å². The first-order valence-electron chi connectivity index (χ1n) is 5.44. The molecule has 0 aromatic heterocycles. The van der Waals surface area contributed by atoms with Crippen LogP contribution in [-0.4, -0.2) is 76.4 Å². The first-order valence-corrected chi connectivity index (χ1v) is 5.44. The predicted octanol–water partition coefficient (Wildman–Crippen LogP) is 0.106. The molecule has 0 bridgehead atoms. The summed E-state index contributed by atoms with van der Waals surface area (Å²) in [5.74, 6) is 0. The summed E-state index contributed by atoms with van der Waals surface area (Å²) < 4.78 is 5.10. The molecule has 0 atom stereocenters. The van der Waals surface area contributed by atoms with E-state index in [1.165, 1.54) is 13.1 Å². The quantitative estimate of drug-likeness (QED) is 0.623. The molecule has 2 fully saturated rings. The number of morpholine rings is 1. The maximum atomic E-state index is 5.10. The summed E-state index contributed by atoms with van der Waals surface area (Å²) in [6, 6.07) is 0. The highest BCUT2D eigenvalue weighted by molar-refractivity contribution is 4.62. The standard InChI is InChI=1S/C5H12N2.C5H11NO.CH4/c1-7-4-2-6-3-5-7;1-6-2-4-7-5-3-6;/h6H,2-5H2,1H3;2-5H2,1H3;1H4. The van der Waals surface area contributed by atoms with Crippen molar-refractivity contribution in [2.24, 2.45) is 0 Å². The second-order valence-corrected chi connectivity index (χ2v) is 3.97. The SMILES string of the molecule is C.CN1CCNCC1.CN1CCOCC1. The Morgan fingerprint density at radius 1 is 0.867 bits per heavy atom. The molecule has 0 aliphatic carbocycles. The average Bonchev–Trinajstić information content (AvgIpc) is 2.21. The number of nitrogens with one attached hydrogen (secondary N) is 1. The van der Waals surface area contributed by atoms with E-state index in [2.05, 4.69) is 29.2 Å². The minimum atomic E-state index is 0. The number of nitrogens with zero attached hydrogens (tertiary/aromatic N) is 2. The van der Waals surface area contributed by atoms with Crippen molar-refractivity contribution in [3.63, 3.8) is 0 Å². The minimum absolute atomic E-state index is 0. The summed E-state index contributed by atoms with van der Waals surface area (Å²) in [4.78, 5) is 4.60. The van der Waals surface area contributed by atoms with Gasteiger partial charge in [0, 0.05) is 39.3 Å². The van der Waals surface area contributed by atoms with Gasteiger partial charge in [-0.1, -0.05) is 7.43 Å². The molecule has 0 aromatic carbocycles. The molecular formula is C11H27N3O. The van der Waals surface area contributed by atoms with E-state index in [1.807, 2.05) is 0 Å². The van der Waals surface area contributed by atoms with Gasteiger partial charge in [0.25, 0.3) is 0 Å². The molecule has 92 valence electrons. The third-order valence-corrected chi connectivity index (χ3v) is 2.58. The highest BCUT2D eigenvalue weighted by Gasteiger charge is 2.02. The summed E-state index contributed by atoms with van der Waals surface area (Å²) >= 11 is 0. The summed E-state index contributed by atoms with van der Waals surface area (Å²) in [7, 11) is 4.27. The number of hydrogen-bond acceptors (Lipinski definition) is 4. The Morgan fingerprint density at radius 3 is 1.60 bits per heavy atom. The lowest BCUT2D eigenvalue weighted by molar-refractivity contribution is 0.0503. The summed E-state index contributed by atoms with van der Waals surface area (Å²) in [5, 5.41) is 3.27. The number of ether oxygens (including phenoxy) is 1. The van der Waals surface area contributed by atoms with Crippen molar-refractivity contribution in [2.45, 2.75) is 7.43 Å². The smallest absolute Gasteiger partial charge is 0.0594 e. The Kier molecular flexibility index (Phi) is 9.00. The van der Waals surface area contributed by atoms with Crippen LogP contribution in [0.25, 0.3) is 0 Å². The second kappa shape index (κ2) is 9.09. The molecule has 15 heavy (non-hydrogen) atoms. The zero-order valence-electron chi connectivity index (χ0n) is 9.46. The third kappa shape index (κ3) is 7.73. The fraction of sp³-hybridized carbons (Fsp3) is 1.00. The molecule has 0 amide bonds. The van der Waals surface area contributed by atoms with Gasteiger partial charge < -0.3 is 19.9 Å². The van der Waals surface area contributed by atoms with Gasteiger partial charge in [-0.3, -0.25) is 0 Å². The van der Waals surface area contributed by atoms with Crippen molar-refractivity contribution in [2.75, 3.05) is 66.6 Å². The van der Waals surface area contributed by atoms with Gasteiger partial charge in [0.05, 0.1) is 13.2 Å². The van der Waals surface area contributed by atoms with Crippen molar-refractivity contribution in [1.29, 1.82) is 0 Å². The van der Waals surface area contributed by atoms with E-state index in [-0.39, 0.29) is 7.43 Å². The largest absolute Gasteiger partial charge is 0.379 e. The lowest BCUT2D eigenvalue weighted by Crippen LogP contribution is -2.40. The lowest BCUT2D eigenvalue weighted by atomic mass is 10.4. The fourth-order valence-corrected chi connectivity index (χ4v) is 1.43. The monoisotopic (exact) mass is 217 g/mol. The third-order valence-electron chi connectivity index (χ3n) is 2.58. The molecule has 0 spiro atoms. The Morgan fingerprint density at radius 2 is 1.33 bits per heavy atom. The molecule has 2 aliphatic rings. The van der Waals surface area contributed by atoms with Crippen molar-refractivity contribution in [1.82, 2.24) is 15.1 Å². The van der Waals surface area contributed by atoms with E-state index in [0.717, 1.165) is 39.4 Å². The highest BCUT2D eigenvalue weighted by Crippen LogP contribution is 1.89. The van der Waals surface area contributed by atoms with Crippen molar-refractivity contribution in [3.8, 4) is 0 Å². The first kappa shape index (κ1) is 14.8. The number of piperazine rings is 1. The van der Waals surface area contributed by atoms with E-state index in [1.54, 1.807) is 0 Å². The van der Waals surface area contributed by atoms with E-state index in [0.29, 0.717) is 0 Å². The number of likely N-dealkylation sites (N-methyl/N-ethyl adjacent to an activating group) is 2. The van der Waals surface area contributed by atoms with Gasteiger partial charge in [-0.15, -0.1) is 0 Å². The molecule has 4 nitrogen and oxygen atoms in total. The highest BCUT2D eigenvalue weighted by atomic mass is 16.5. The normalized spacial score (nSPS) is 23.6. The minimum Gasteiger partial charge on any atom is -0.379 e. The summed E-state index contributed by atoms with van der Waals surface area (Å²) in [6.45, 7) is 8.76. The Labute approximate surface area is 94.6 Å². The van der Waals surface area contributed by atoms with E-state index in [4.69, 9.17) is 4.74 Å². The molecule has 2 rings (SSSR count). The summed E-state index contributed by atoms with van der Waals surface area (Å²) in [6.07, 6.45) is 0. The molecule has 0 radical (unpaired) electrons. The first-order chi connectivity index (χ1) is 6.79. The van der Waals surface area contributed by atoms with E-state index < -0.39 is 0 Å². The molecule has 2 heterocycles. The van der Waals surface area contributed by atoms with Gasteiger partial charge in [0.15, 0.2) is 0 Å². The van der Waals surface area contributed by atoms with Crippen LogP contribution in [0, 0.1) is 0 Å². The van der Waals surface area contributed by atoms with Gasteiger partial charge in [0.1, 0.15) is 0 Å². The van der Waals surface area contributed by atoms with Crippen LogP contribution >= 0.6 is 0 Å². The van der Waals surface area contributed by atoms with Gasteiger partial charge in [0.2, 0.25) is 0 Å². The Bertz CT molecular complexity index is 116. The van der Waals surface area contributed by atoms with Crippen molar-refractivity contribution < 1.29 is 4.74 Å². The molecule has 2 aliphatic heterocycles. The summed E-state index contributed by atoms with van der Waals surface area (Å²) in [5.41, 5.74) is 0. The molecule has 2 saturated heterocycles. The van der Waals surface area contributed by atoms with Crippen molar-refractivity contribution >= 4 is 0 Å². The number of hydrogen-bond donors (Lipinski definition) is 1. The molecule has 0 saturated carbocycles. The molecule has 1 N–H and O–H groups in total. The molecular weight excluding hydrogens is 190 g/mol. The molecule has 4 heteroatoms. The van der Waals surface area contributed by atoms with Gasteiger partial charge in [-0.25, -0.2) is 0 Å². The van der Waals surface area contributed by atoms with E-state index >= 15 is 0 Å².